The molecule has 2 aliphatic rings. The van der Waals surface area contributed by atoms with Crippen LogP contribution in [-0.2, 0) is 9.53 Å². The van der Waals surface area contributed by atoms with Crippen LogP contribution in [0.15, 0.2) is 23.1 Å². The number of hydrogen-bond acceptors (Lipinski definition) is 4. The van der Waals surface area contributed by atoms with E-state index in [2.05, 4.69) is 5.32 Å². The van der Waals surface area contributed by atoms with E-state index in [4.69, 9.17) is 10.5 Å². The van der Waals surface area contributed by atoms with E-state index in [0.717, 1.165) is 29.4 Å². The van der Waals surface area contributed by atoms with Gasteiger partial charge in [-0.15, -0.1) is 11.8 Å². The first-order valence-electron chi connectivity index (χ1n) is 5.19. The molecule has 1 fully saturated rings. The fourth-order valence-electron chi connectivity index (χ4n) is 1.81. The number of nitrogens with one attached hydrogen (secondary N) is 1. The van der Waals surface area contributed by atoms with Gasteiger partial charge in [0.2, 0.25) is 5.91 Å². The van der Waals surface area contributed by atoms with Gasteiger partial charge in [-0.1, -0.05) is 6.07 Å². The minimum atomic E-state index is -0.513. The molecule has 0 saturated carbocycles. The number of benzene rings is 1. The third kappa shape index (κ3) is 1.61. The normalized spacial score (nSPS) is 23.8. The van der Waals surface area contributed by atoms with Gasteiger partial charge in [0.15, 0.2) is 0 Å². The molecule has 2 aliphatic heterocycles. The molecule has 0 aromatic heterocycles. The number of anilines is 1. The first kappa shape index (κ1) is 10.1. The number of fused-ring (bicyclic) bond motifs is 1. The molecule has 84 valence electrons. The topological polar surface area (TPSA) is 64.4 Å². The number of rotatable bonds is 2. The number of nitrogens with two attached hydrogens (primary N) is 1. The van der Waals surface area contributed by atoms with Gasteiger partial charge in [-0.25, -0.2) is 0 Å². The second-order valence-corrected chi connectivity index (χ2v) is 5.37. The number of carbonyl (C=O) groups excluding carboxylic acids is 1. The van der Waals surface area contributed by atoms with Crippen molar-refractivity contribution in [1.82, 2.24) is 0 Å². The Bertz CT molecular complexity index is 446. The Morgan fingerprint density at radius 3 is 2.94 bits per heavy atom. The lowest BCUT2D eigenvalue weighted by Gasteiger charge is -2.25. The van der Waals surface area contributed by atoms with Gasteiger partial charge in [0.05, 0.1) is 18.5 Å². The maximum absolute atomic E-state index is 11.4. The van der Waals surface area contributed by atoms with Crippen LogP contribution in [0.4, 0.5) is 5.69 Å². The highest BCUT2D eigenvalue weighted by Crippen LogP contribution is 2.35. The Morgan fingerprint density at radius 1 is 1.44 bits per heavy atom. The fraction of sp³-hybridized carbons (Fsp3) is 0.364. The van der Waals surface area contributed by atoms with Crippen LogP contribution in [0.1, 0.15) is 11.6 Å². The summed E-state index contributed by atoms with van der Waals surface area (Å²) in [5.41, 5.74) is 7.48. The van der Waals surface area contributed by atoms with E-state index >= 15 is 0 Å². The first-order valence-corrected chi connectivity index (χ1v) is 6.07. The lowest BCUT2D eigenvalue weighted by molar-refractivity contribution is -0.116. The van der Waals surface area contributed by atoms with Gasteiger partial charge in [-0.2, -0.15) is 0 Å². The predicted octanol–water partition coefficient (Wildman–Crippen LogP) is 1.13. The molecule has 0 bridgehead atoms. The van der Waals surface area contributed by atoms with Crippen molar-refractivity contribution in [3.05, 3.63) is 23.8 Å². The van der Waals surface area contributed by atoms with Crippen LogP contribution in [0.5, 0.6) is 0 Å². The molecule has 3 N–H and O–H groups in total. The average molecular weight is 236 g/mol. The average Bonchev–Trinajstić information content (AvgIpc) is 2.49. The summed E-state index contributed by atoms with van der Waals surface area (Å²) >= 11 is 1.78. The molecule has 1 unspecified atom stereocenters. The lowest BCUT2D eigenvalue weighted by atomic mass is 10.1. The number of ether oxygens (including phenoxy) is 1. The Balaban J connectivity index is 1.83. The van der Waals surface area contributed by atoms with Gasteiger partial charge < -0.3 is 15.8 Å². The van der Waals surface area contributed by atoms with E-state index < -0.39 is 6.04 Å². The van der Waals surface area contributed by atoms with Crippen LogP contribution in [-0.4, -0.2) is 24.4 Å². The summed E-state index contributed by atoms with van der Waals surface area (Å²) in [5, 5.41) is 3.33. The summed E-state index contributed by atoms with van der Waals surface area (Å²) in [7, 11) is 0. The van der Waals surface area contributed by atoms with Gasteiger partial charge >= 0.3 is 0 Å². The molecular formula is C11H12N2O2S. The highest BCUT2D eigenvalue weighted by atomic mass is 32.2. The summed E-state index contributed by atoms with van der Waals surface area (Å²) in [6, 6.07) is 5.42. The molecule has 5 heteroatoms. The standard InChI is InChI=1S/C11H12N2O2S/c12-10-8-2-1-6(16-7-4-15-5-7)3-9(8)13-11(10)14/h1-3,7,10H,4-5,12H2,(H,13,14). The second-order valence-electron chi connectivity index (χ2n) is 3.99. The molecule has 1 saturated heterocycles. The number of carbonyl (C=O) groups is 1. The quantitative estimate of drug-likeness (QED) is 0.808. The van der Waals surface area contributed by atoms with Crippen LogP contribution in [0, 0.1) is 0 Å². The number of thioether (sulfide) groups is 1. The van der Waals surface area contributed by atoms with Crippen LogP contribution < -0.4 is 11.1 Å². The zero-order chi connectivity index (χ0) is 11.1. The minimum absolute atomic E-state index is 0.121. The predicted molar refractivity (Wildman–Crippen MR) is 62.5 cm³/mol. The summed E-state index contributed by atoms with van der Waals surface area (Å²) < 4.78 is 5.12. The molecule has 4 nitrogen and oxygen atoms in total. The highest BCUT2D eigenvalue weighted by Gasteiger charge is 2.27. The molecule has 0 aliphatic carbocycles. The van der Waals surface area contributed by atoms with Crippen molar-refractivity contribution in [2.24, 2.45) is 5.73 Å². The Morgan fingerprint density at radius 2 is 2.25 bits per heavy atom. The van der Waals surface area contributed by atoms with Gasteiger partial charge in [0.1, 0.15) is 6.04 Å². The fourth-order valence-corrected chi connectivity index (χ4v) is 2.86. The van der Waals surface area contributed by atoms with Gasteiger partial charge in [0, 0.05) is 16.1 Å². The molecule has 1 amide bonds. The van der Waals surface area contributed by atoms with Gasteiger partial charge in [-0.05, 0) is 12.1 Å². The van der Waals surface area contributed by atoms with E-state index in [9.17, 15) is 4.79 Å². The lowest BCUT2D eigenvalue weighted by Crippen LogP contribution is -2.29. The SMILES string of the molecule is NC1C(=O)Nc2cc(SC3COC3)ccc21. The van der Waals surface area contributed by atoms with Crippen molar-refractivity contribution in [2.75, 3.05) is 18.5 Å². The molecular weight excluding hydrogens is 224 g/mol. The molecule has 16 heavy (non-hydrogen) atoms. The largest absolute Gasteiger partial charge is 0.379 e. The molecule has 1 aromatic rings. The number of amides is 1. The Kier molecular flexibility index (Phi) is 2.38. The summed E-state index contributed by atoms with van der Waals surface area (Å²) in [5.74, 6) is -0.121. The third-order valence-electron chi connectivity index (χ3n) is 2.81. The summed E-state index contributed by atoms with van der Waals surface area (Å²) in [6.07, 6.45) is 0. The molecule has 1 atom stereocenters. The molecule has 1 aromatic carbocycles. The van der Waals surface area contributed by atoms with E-state index in [1.807, 2.05) is 18.2 Å². The second kappa shape index (κ2) is 3.76. The summed E-state index contributed by atoms with van der Waals surface area (Å²) in [4.78, 5) is 12.5. The van der Waals surface area contributed by atoms with E-state index in [-0.39, 0.29) is 5.91 Å². The number of hydrogen-bond donors (Lipinski definition) is 2. The van der Waals surface area contributed by atoms with E-state index in [1.54, 1.807) is 11.8 Å². The first-order chi connectivity index (χ1) is 7.74. The molecule has 3 rings (SSSR count). The van der Waals surface area contributed by atoms with Crippen LogP contribution in [0.2, 0.25) is 0 Å². The van der Waals surface area contributed by atoms with E-state index in [1.165, 1.54) is 0 Å². The van der Waals surface area contributed by atoms with Crippen LogP contribution in [0.3, 0.4) is 0 Å². The van der Waals surface area contributed by atoms with Gasteiger partial charge in [-0.3, -0.25) is 4.79 Å². The molecule has 0 radical (unpaired) electrons. The van der Waals surface area contributed by atoms with E-state index in [0.29, 0.717) is 5.25 Å². The highest BCUT2D eigenvalue weighted by molar-refractivity contribution is 8.00. The van der Waals surface area contributed by atoms with Crippen molar-refractivity contribution in [3.8, 4) is 0 Å². The van der Waals surface area contributed by atoms with Crippen LogP contribution >= 0.6 is 11.8 Å². The maximum atomic E-state index is 11.4. The zero-order valence-corrected chi connectivity index (χ0v) is 9.42. The maximum Gasteiger partial charge on any atom is 0.245 e. The van der Waals surface area contributed by atoms with Crippen molar-refractivity contribution in [3.63, 3.8) is 0 Å². The third-order valence-corrected chi connectivity index (χ3v) is 3.94. The van der Waals surface area contributed by atoms with Gasteiger partial charge in [0.25, 0.3) is 0 Å². The van der Waals surface area contributed by atoms with Crippen molar-refractivity contribution < 1.29 is 9.53 Å². The molecule has 0 spiro atoms. The summed E-state index contributed by atoms with van der Waals surface area (Å²) in [6.45, 7) is 1.63. The van der Waals surface area contributed by atoms with Crippen molar-refractivity contribution >= 4 is 23.4 Å². The zero-order valence-electron chi connectivity index (χ0n) is 8.60. The smallest absolute Gasteiger partial charge is 0.245 e. The Hall–Kier alpha value is -1.04. The van der Waals surface area contributed by atoms with Crippen molar-refractivity contribution in [1.29, 1.82) is 0 Å². The Labute approximate surface area is 97.5 Å². The molecule has 2 heterocycles. The van der Waals surface area contributed by atoms with Crippen molar-refractivity contribution in [2.45, 2.75) is 16.2 Å². The minimum Gasteiger partial charge on any atom is -0.379 e. The van der Waals surface area contributed by atoms with Crippen LogP contribution in [0.25, 0.3) is 0 Å². The monoisotopic (exact) mass is 236 g/mol.